The minimum atomic E-state index is 0. The monoisotopic (exact) mass is 458 g/mol. The van der Waals surface area contributed by atoms with Gasteiger partial charge in [0.2, 0.25) is 0 Å². The van der Waals surface area contributed by atoms with Gasteiger partial charge in [-0.15, -0.1) is 0 Å². The first-order valence-corrected chi connectivity index (χ1v) is 11.8. The van der Waals surface area contributed by atoms with Gasteiger partial charge in [0.1, 0.15) is 0 Å². The first kappa shape index (κ1) is 44.6. The molecule has 1 aromatic carbocycles. The standard InChI is InChI=1S/C9H12.C7H12.C5H10.C5H8.C4H10.C2H6.CH4/c1-7-4-5-8(2)9(3)6-7;1-6(2)5-7(3)4;2*1-4-5(2)3;1-4(2)3;1-2;/h4-6H,1-3H3;5H,1H2,2-4H3;4H,1-3H3;4H,1-2H2,3H3;4H,1-3H3;1-2H3;1H4. The minimum Gasteiger partial charge on any atom is -0.0988 e. The van der Waals surface area contributed by atoms with Crippen molar-refractivity contribution in [2.24, 2.45) is 5.92 Å². The number of hydrogen-bond donors (Lipinski definition) is 0. The van der Waals surface area contributed by atoms with Gasteiger partial charge >= 0.3 is 0 Å². The number of rotatable bonds is 2. The van der Waals surface area contributed by atoms with Gasteiger partial charge in [-0.1, -0.05) is 126 Å². The zero-order valence-electron chi connectivity index (χ0n) is 24.7. The minimum absolute atomic E-state index is 0. The summed E-state index contributed by atoms with van der Waals surface area (Å²) >= 11 is 0. The lowest BCUT2D eigenvalue weighted by atomic mass is 10.1. The molecule has 0 radical (unpaired) electrons. The SMILES string of the molecule is C.C=C(C)C=C(C)C.C=CC(=C)C.CC.CC(C)C.CC=C(C)C.Cc1ccc(C)c(C)c1. The van der Waals surface area contributed by atoms with E-state index < -0.39 is 0 Å². The van der Waals surface area contributed by atoms with Crippen LogP contribution in [0.5, 0.6) is 0 Å². The van der Waals surface area contributed by atoms with E-state index in [1.54, 1.807) is 6.08 Å². The van der Waals surface area contributed by atoms with Gasteiger partial charge in [0.15, 0.2) is 0 Å². The Kier molecular flexibility index (Phi) is 43.4. The molecule has 33 heavy (non-hydrogen) atoms. The molecule has 0 bridgehead atoms. The summed E-state index contributed by atoms with van der Waals surface area (Å²) in [5.41, 5.74) is 8.94. The largest absolute Gasteiger partial charge is 0.0988 e. The highest BCUT2D eigenvalue weighted by atomic mass is 13.9. The molecule has 0 saturated heterocycles. The van der Waals surface area contributed by atoms with Crippen molar-refractivity contribution in [3.8, 4) is 0 Å². The normalized spacial score (nSPS) is 7.64. The summed E-state index contributed by atoms with van der Waals surface area (Å²) in [6.07, 6.45) is 5.86. The van der Waals surface area contributed by atoms with Gasteiger partial charge < -0.3 is 0 Å². The Balaban J connectivity index is -0.0000000693. The van der Waals surface area contributed by atoms with E-state index in [9.17, 15) is 0 Å². The molecule has 0 spiro atoms. The molecule has 0 unspecified atom stereocenters. The molecule has 0 N–H and O–H groups in total. The molecular formula is C33H62. The highest BCUT2D eigenvalue weighted by molar-refractivity contribution is 5.28. The molecule has 0 heteroatoms. The summed E-state index contributed by atoms with van der Waals surface area (Å²) in [6, 6.07) is 6.50. The summed E-state index contributed by atoms with van der Waals surface area (Å²) < 4.78 is 0. The predicted molar refractivity (Wildman–Crippen MR) is 164 cm³/mol. The van der Waals surface area contributed by atoms with Crippen LogP contribution in [0.3, 0.4) is 0 Å². The summed E-state index contributed by atoms with van der Waals surface area (Å²) in [6.45, 7) is 41.9. The third-order valence-corrected chi connectivity index (χ3v) is 3.12. The maximum Gasteiger partial charge on any atom is -0.0395 e. The van der Waals surface area contributed by atoms with Gasteiger partial charge in [-0.2, -0.15) is 0 Å². The van der Waals surface area contributed by atoms with Gasteiger partial charge in [-0.3, -0.25) is 0 Å². The van der Waals surface area contributed by atoms with E-state index in [4.69, 9.17) is 0 Å². The van der Waals surface area contributed by atoms with Crippen LogP contribution in [0.2, 0.25) is 0 Å². The maximum atomic E-state index is 3.72. The Hall–Kier alpha value is -2.08. The molecule has 0 heterocycles. The molecule has 1 aromatic rings. The second-order valence-corrected chi connectivity index (χ2v) is 8.80. The lowest BCUT2D eigenvalue weighted by Crippen LogP contribution is -1.79. The molecule has 194 valence electrons. The van der Waals surface area contributed by atoms with Gasteiger partial charge in [0.25, 0.3) is 0 Å². The van der Waals surface area contributed by atoms with Crippen LogP contribution in [-0.2, 0) is 0 Å². The van der Waals surface area contributed by atoms with Crippen molar-refractivity contribution in [2.45, 2.75) is 111 Å². The van der Waals surface area contributed by atoms with Crippen molar-refractivity contribution >= 4 is 0 Å². The lowest BCUT2D eigenvalue weighted by molar-refractivity contribution is 0.737. The third kappa shape index (κ3) is 65.2. The quantitative estimate of drug-likeness (QED) is 0.305. The Morgan fingerprint density at radius 3 is 1.21 bits per heavy atom. The van der Waals surface area contributed by atoms with E-state index in [0.29, 0.717) is 0 Å². The topological polar surface area (TPSA) is 0 Å². The molecular weight excluding hydrogens is 396 g/mol. The highest BCUT2D eigenvalue weighted by Gasteiger charge is 1.89. The molecule has 0 aliphatic rings. The first-order chi connectivity index (χ1) is 14.6. The summed E-state index contributed by atoms with van der Waals surface area (Å²) in [5, 5.41) is 0. The predicted octanol–water partition coefficient (Wildman–Crippen LogP) is 12.2. The zero-order chi connectivity index (χ0) is 26.9. The van der Waals surface area contributed by atoms with Gasteiger partial charge in [0.05, 0.1) is 0 Å². The number of benzene rings is 1. The fourth-order valence-corrected chi connectivity index (χ4v) is 1.38. The fraction of sp³-hybridized carbons (Fsp3) is 0.515. The molecule has 0 fully saturated rings. The average Bonchev–Trinajstić information content (AvgIpc) is 2.66. The van der Waals surface area contributed by atoms with Crippen LogP contribution >= 0.6 is 0 Å². The van der Waals surface area contributed by atoms with Crippen molar-refractivity contribution < 1.29 is 0 Å². The van der Waals surface area contributed by atoms with E-state index in [1.807, 2.05) is 34.6 Å². The van der Waals surface area contributed by atoms with Crippen molar-refractivity contribution in [1.29, 1.82) is 0 Å². The Morgan fingerprint density at radius 1 is 0.758 bits per heavy atom. The van der Waals surface area contributed by atoms with Gasteiger partial charge in [0, 0.05) is 0 Å². The number of allylic oxidation sites excluding steroid dienone is 7. The Morgan fingerprint density at radius 2 is 1.09 bits per heavy atom. The number of aryl methyl sites for hydroxylation is 3. The molecule has 1 rings (SSSR count). The first-order valence-electron chi connectivity index (χ1n) is 11.8. The second kappa shape index (κ2) is 32.1. The van der Waals surface area contributed by atoms with Crippen LogP contribution in [0.1, 0.15) is 107 Å². The molecule has 0 nitrogen and oxygen atoms in total. The lowest BCUT2D eigenvalue weighted by Gasteiger charge is -1.98. The van der Waals surface area contributed by atoms with Crippen molar-refractivity contribution in [1.82, 2.24) is 0 Å². The molecule has 0 aliphatic heterocycles. The van der Waals surface area contributed by atoms with Crippen LogP contribution in [0.25, 0.3) is 0 Å². The van der Waals surface area contributed by atoms with E-state index in [1.165, 1.54) is 27.8 Å². The summed E-state index contributed by atoms with van der Waals surface area (Å²) in [7, 11) is 0. The van der Waals surface area contributed by atoms with E-state index >= 15 is 0 Å². The Bertz CT molecular complexity index is 638. The van der Waals surface area contributed by atoms with Gasteiger partial charge in [-0.05, 0) is 86.3 Å². The van der Waals surface area contributed by atoms with Crippen molar-refractivity contribution in [3.63, 3.8) is 0 Å². The summed E-state index contributed by atoms with van der Waals surface area (Å²) in [4.78, 5) is 0. The van der Waals surface area contributed by atoms with E-state index in [2.05, 4.69) is 119 Å². The second-order valence-electron chi connectivity index (χ2n) is 8.80. The average molecular weight is 459 g/mol. The van der Waals surface area contributed by atoms with Crippen LogP contribution in [-0.4, -0.2) is 0 Å². The third-order valence-electron chi connectivity index (χ3n) is 3.12. The smallest absolute Gasteiger partial charge is 0.0395 e. The Labute approximate surface area is 212 Å². The van der Waals surface area contributed by atoms with E-state index in [-0.39, 0.29) is 7.43 Å². The van der Waals surface area contributed by atoms with Crippen molar-refractivity contribution in [2.75, 3.05) is 0 Å². The van der Waals surface area contributed by atoms with Gasteiger partial charge in [-0.25, -0.2) is 0 Å². The number of hydrogen-bond acceptors (Lipinski definition) is 0. The molecule has 0 aromatic heterocycles. The molecule has 0 atom stereocenters. The molecule has 0 saturated carbocycles. The zero-order valence-corrected chi connectivity index (χ0v) is 24.7. The maximum absolute atomic E-state index is 3.72. The van der Waals surface area contributed by atoms with Crippen molar-refractivity contribution in [3.05, 3.63) is 95.1 Å². The van der Waals surface area contributed by atoms with Crippen LogP contribution in [0, 0.1) is 26.7 Å². The molecule has 0 amide bonds. The van der Waals surface area contributed by atoms with Crippen LogP contribution in [0.15, 0.2) is 78.5 Å². The van der Waals surface area contributed by atoms with Crippen LogP contribution < -0.4 is 0 Å². The highest BCUT2D eigenvalue weighted by Crippen LogP contribution is 2.07. The molecule has 0 aliphatic carbocycles. The fourth-order valence-electron chi connectivity index (χ4n) is 1.38. The van der Waals surface area contributed by atoms with E-state index in [0.717, 1.165) is 17.1 Å². The summed E-state index contributed by atoms with van der Waals surface area (Å²) in [5.74, 6) is 0.833. The van der Waals surface area contributed by atoms with Crippen LogP contribution in [0.4, 0.5) is 0 Å².